The van der Waals surface area contributed by atoms with Crippen LogP contribution in [0.2, 0.25) is 0 Å². The predicted molar refractivity (Wildman–Crippen MR) is 53.8 cm³/mol. The zero-order valence-electron chi connectivity index (χ0n) is 7.88. The van der Waals surface area contributed by atoms with Gasteiger partial charge in [0.15, 0.2) is 0 Å². The maximum Gasteiger partial charge on any atom is 0.133 e. The van der Waals surface area contributed by atoms with Crippen molar-refractivity contribution in [2.75, 3.05) is 5.75 Å². The lowest BCUT2D eigenvalue weighted by Crippen LogP contribution is -2.24. The van der Waals surface area contributed by atoms with Crippen molar-refractivity contribution in [1.82, 2.24) is 0 Å². The Morgan fingerprint density at radius 2 is 2.42 bits per heavy atom. The Balaban J connectivity index is 2.24. The van der Waals surface area contributed by atoms with E-state index < -0.39 is 11.4 Å². The molecular formula is C9H17NOS. The lowest BCUT2D eigenvalue weighted by molar-refractivity contribution is 0.583. The first kappa shape index (κ1) is 10.1. The van der Waals surface area contributed by atoms with E-state index in [1.165, 1.54) is 12.1 Å². The maximum atomic E-state index is 11.3. The summed E-state index contributed by atoms with van der Waals surface area (Å²) in [5, 5.41) is 0. The van der Waals surface area contributed by atoms with Gasteiger partial charge in [-0.3, -0.25) is 0 Å². The molecule has 0 radical (unpaired) electrons. The fourth-order valence-corrected chi connectivity index (χ4v) is 2.30. The molecule has 1 unspecified atom stereocenters. The third kappa shape index (κ3) is 2.79. The molecule has 0 aromatic rings. The van der Waals surface area contributed by atoms with Gasteiger partial charge in [0.25, 0.3) is 0 Å². The maximum absolute atomic E-state index is 11.3. The molecule has 0 aromatic carbocycles. The van der Waals surface area contributed by atoms with Crippen LogP contribution in [-0.4, -0.2) is 16.0 Å². The van der Waals surface area contributed by atoms with Gasteiger partial charge in [-0.25, -0.2) is 0 Å². The van der Waals surface area contributed by atoms with Crippen LogP contribution in [0.3, 0.4) is 0 Å². The highest BCUT2D eigenvalue weighted by molar-refractivity contribution is 7.90. The van der Waals surface area contributed by atoms with Gasteiger partial charge in [-0.1, -0.05) is 24.7 Å². The largest absolute Gasteiger partial charge is 0.591 e. The van der Waals surface area contributed by atoms with Crippen molar-refractivity contribution < 1.29 is 4.55 Å². The van der Waals surface area contributed by atoms with Gasteiger partial charge in [-0.15, -0.1) is 0 Å². The monoisotopic (exact) mass is 187 g/mol. The van der Waals surface area contributed by atoms with E-state index in [0.29, 0.717) is 5.92 Å². The van der Waals surface area contributed by atoms with Gasteiger partial charge in [-0.05, 0) is 25.2 Å². The van der Waals surface area contributed by atoms with Crippen molar-refractivity contribution in [2.45, 2.75) is 39.5 Å². The second-order valence-corrected chi connectivity index (χ2v) is 4.64. The van der Waals surface area contributed by atoms with E-state index in [1.54, 1.807) is 0 Å². The van der Waals surface area contributed by atoms with Crippen molar-refractivity contribution in [3.63, 3.8) is 0 Å². The summed E-state index contributed by atoms with van der Waals surface area (Å²) >= 11 is -0.931. The summed E-state index contributed by atoms with van der Waals surface area (Å²) in [4.78, 5) is 0. The van der Waals surface area contributed by atoms with Crippen LogP contribution in [0.15, 0.2) is 4.40 Å². The molecule has 0 amide bonds. The van der Waals surface area contributed by atoms with E-state index in [-0.39, 0.29) is 0 Å². The topological polar surface area (TPSA) is 35.4 Å². The van der Waals surface area contributed by atoms with Crippen molar-refractivity contribution in [3.8, 4) is 0 Å². The van der Waals surface area contributed by atoms with Crippen LogP contribution < -0.4 is 0 Å². The number of hydrogen-bond acceptors (Lipinski definition) is 2. The van der Waals surface area contributed by atoms with Crippen molar-refractivity contribution in [1.29, 1.82) is 0 Å². The van der Waals surface area contributed by atoms with Crippen molar-refractivity contribution in [3.05, 3.63) is 0 Å². The SMILES string of the molecule is CCCC[S+]([O-])N=C1CC[C@@H]1C. The van der Waals surface area contributed by atoms with E-state index in [4.69, 9.17) is 0 Å². The smallest absolute Gasteiger partial charge is 0.133 e. The Hall–Kier alpha value is -0.0200. The lowest BCUT2D eigenvalue weighted by atomic mass is 9.85. The lowest BCUT2D eigenvalue weighted by Gasteiger charge is -2.22. The van der Waals surface area contributed by atoms with Crippen LogP contribution in [0.5, 0.6) is 0 Å². The molecule has 0 saturated heterocycles. The quantitative estimate of drug-likeness (QED) is 0.622. The molecule has 0 spiro atoms. The van der Waals surface area contributed by atoms with Crippen molar-refractivity contribution in [2.24, 2.45) is 10.3 Å². The van der Waals surface area contributed by atoms with Gasteiger partial charge in [-0.2, -0.15) is 0 Å². The molecule has 3 heteroatoms. The second kappa shape index (κ2) is 4.87. The second-order valence-electron chi connectivity index (χ2n) is 3.40. The normalized spacial score (nSPS) is 28.6. The summed E-state index contributed by atoms with van der Waals surface area (Å²) < 4.78 is 15.5. The zero-order valence-corrected chi connectivity index (χ0v) is 8.69. The van der Waals surface area contributed by atoms with Gasteiger partial charge in [0, 0.05) is 0 Å². The molecule has 1 rings (SSSR count). The summed E-state index contributed by atoms with van der Waals surface area (Å²) in [6.45, 7) is 4.26. The van der Waals surface area contributed by atoms with Crippen LogP contribution >= 0.6 is 0 Å². The van der Waals surface area contributed by atoms with Crippen LogP contribution in [-0.2, 0) is 11.4 Å². The summed E-state index contributed by atoms with van der Waals surface area (Å²) in [5.74, 6) is 1.34. The molecule has 1 fully saturated rings. The highest BCUT2D eigenvalue weighted by atomic mass is 32.2. The molecule has 0 N–H and O–H groups in total. The van der Waals surface area contributed by atoms with Crippen LogP contribution in [0.25, 0.3) is 0 Å². The molecule has 1 aliphatic rings. The zero-order chi connectivity index (χ0) is 8.97. The fraction of sp³-hybridized carbons (Fsp3) is 0.889. The first-order chi connectivity index (χ1) is 5.74. The van der Waals surface area contributed by atoms with Gasteiger partial charge in [0.2, 0.25) is 0 Å². The highest BCUT2D eigenvalue weighted by Gasteiger charge is 2.23. The van der Waals surface area contributed by atoms with Crippen molar-refractivity contribution >= 4 is 17.1 Å². The average Bonchev–Trinajstić information content (AvgIpc) is 2.08. The minimum absolute atomic E-state index is 0.593. The minimum atomic E-state index is -0.931. The van der Waals surface area contributed by atoms with Crippen LogP contribution in [0.4, 0.5) is 0 Å². The Bertz CT molecular complexity index is 170. The Morgan fingerprint density at radius 1 is 1.67 bits per heavy atom. The Morgan fingerprint density at radius 3 is 2.83 bits per heavy atom. The summed E-state index contributed by atoms with van der Waals surface area (Å²) in [6.07, 6.45) is 4.42. The van der Waals surface area contributed by atoms with Gasteiger partial charge in [0.1, 0.15) is 5.75 Å². The molecule has 1 saturated carbocycles. The summed E-state index contributed by atoms with van der Waals surface area (Å²) in [6, 6.07) is 0. The predicted octanol–water partition coefficient (Wildman–Crippen LogP) is 2.32. The van der Waals surface area contributed by atoms with E-state index in [0.717, 1.165) is 25.0 Å². The molecule has 2 nitrogen and oxygen atoms in total. The molecule has 12 heavy (non-hydrogen) atoms. The van der Waals surface area contributed by atoms with Gasteiger partial charge >= 0.3 is 0 Å². The molecule has 70 valence electrons. The van der Waals surface area contributed by atoms with E-state index in [2.05, 4.69) is 18.2 Å². The molecule has 1 aliphatic carbocycles. The van der Waals surface area contributed by atoms with E-state index >= 15 is 0 Å². The molecule has 0 bridgehead atoms. The third-order valence-electron chi connectivity index (χ3n) is 2.29. The molecular weight excluding hydrogens is 170 g/mol. The van der Waals surface area contributed by atoms with Crippen LogP contribution in [0.1, 0.15) is 39.5 Å². The highest BCUT2D eigenvalue weighted by Crippen LogP contribution is 2.24. The number of hydrogen-bond donors (Lipinski definition) is 0. The Labute approximate surface area is 77.8 Å². The molecule has 0 aliphatic heterocycles. The molecule has 0 heterocycles. The number of unbranched alkanes of at least 4 members (excludes halogenated alkanes) is 1. The summed E-state index contributed by atoms with van der Waals surface area (Å²) in [7, 11) is 0. The van der Waals surface area contributed by atoms with Crippen LogP contribution in [0, 0.1) is 5.92 Å². The standard InChI is InChI=1S/C9H17NOS/c1-3-4-7-12(11)10-9-6-5-8(9)2/h8H,3-7H2,1-2H3/t8-,12?/m0/s1. The van der Waals surface area contributed by atoms with Gasteiger partial charge < -0.3 is 4.55 Å². The third-order valence-corrected chi connectivity index (χ3v) is 3.37. The van der Waals surface area contributed by atoms with E-state index in [1.807, 2.05) is 0 Å². The first-order valence-electron chi connectivity index (χ1n) is 4.70. The minimum Gasteiger partial charge on any atom is -0.591 e. The number of rotatable bonds is 4. The van der Waals surface area contributed by atoms with E-state index in [9.17, 15) is 4.55 Å². The summed E-state index contributed by atoms with van der Waals surface area (Å²) in [5.41, 5.74) is 1.17. The molecule has 0 aromatic heterocycles. The molecule has 2 atom stereocenters. The Kier molecular flexibility index (Phi) is 4.09. The fourth-order valence-electron chi connectivity index (χ4n) is 1.14. The number of nitrogens with zero attached hydrogens (tertiary/aromatic N) is 1. The average molecular weight is 187 g/mol. The first-order valence-corrected chi connectivity index (χ1v) is 5.97. The van der Waals surface area contributed by atoms with Gasteiger partial charge in [0.05, 0.1) is 17.1 Å².